The van der Waals surface area contributed by atoms with E-state index >= 15 is 0 Å². The first-order chi connectivity index (χ1) is 9.06. The van der Waals surface area contributed by atoms with Gasteiger partial charge in [-0.25, -0.2) is 0 Å². The van der Waals surface area contributed by atoms with Gasteiger partial charge in [0, 0.05) is 4.47 Å². The standard InChI is InChI=1S/C15H14BrNO2/c1-10-2-7-13(15(17)18)14(8-10)19-9-11-3-5-12(16)6-4-11/h2-8H,9H2,1H3,(H2,17,18). The number of halogens is 1. The average Bonchev–Trinajstić information content (AvgIpc) is 2.38. The first kappa shape index (κ1) is 13.6. The maximum absolute atomic E-state index is 11.3. The van der Waals surface area contributed by atoms with Gasteiger partial charge in [0.25, 0.3) is 5.91 Å². The topological polar surface area (TPSA) is 52.3 Å². The highest BCUT2D eigenvalue weighted by Gasteiger charge is 2.09. The summed E-state index contributed by atoms with van der Waals surface area (Å²) < 4.78 is 6.71. The zero-order valence-electron chi connectivity index (χ0n) is 10.5. The Morgan fingerprint density at radius 3 is 2.53 bits per heavy atom. The van der Waals surface area contributed by atoms with Crippen LogP contribution < -0.4 is 10.5 Å². The molecule has 0 spiro atoms. The summed E-state index contributed by atoms with van der Waals surface area (Å²) in [4.78, 5) is 11.3. The number of carbonyl (C=O) groups is 1. The molecule has 2 rings (SSSR count). The Kier molecular flexibility index (Phi) is 4.22. The molecule has 0 heterocycles. The number of rotatable bonds is 4. The Labute approximate surface area is 120 Å². The van der Waals surface area contributed by atoms with Crippen LogP contribution in [0.15, 0.2) is 46.9 Å². The van der Waals surface area contributed by atoms with Gasteiger partial charge in [-0.3, -0.25) is 4.79 Å². The van der Waals surface area contributed by atoms with Crippen LogP contribution >= 0.6 is 15.9 Å². The SMILES string of the molecule is Cc1ccc(C(N)=O)c(OCc2ccc(Br)cc2)c1. The number of carbonyl (C=O) groups excluding carboxylic acids is 1. The predicted molar refractivity (Wildman–Crippen MR) is 78.2 cm³/mol. The normalized spacial score (nSPS) is 10.2. The molecule has 0 aliphatic carbocycles. The Hall–Kier alpha value is -1.81. The van der Waals surface area contributed by atoms with E-state index < -0.39 is 5.91 Å². The Morgan fingerprint density at radius 2 is 1.89 bits per heavy atom. The second-order valence-corrected chi connectivity index (χ2v) is 5.19. The molecule has 0 saturated heterocycles. The zero-order valence-corrected chi connectivity index (χ0v) is 12.1. The third-order valence-corrected chi connectivity index (χ3v) is 3.24. The number of hydrogen-bond donors (Lipinski definition) is 1. The van der Waals surface area contributed by atoms with E-state index in [9.17, 15) is 4.79 Å². The van der Waals surface area contributed by atoms with Crippen molar-refractivity contribution >= 4 is 21.8 Å². The van der Waals surface area contributed by atoms with Gasteiger partial charge in [0.2, 0.25) is 0 Å². The van der Waals surface area contributed by atoms with Gasteiger partial charge in [0.1, 0.15) is 12.4 Å². The molecule has 0 unspecified atom stereocenters. The zero-order chi connectivity index (χ0) is 13.8. The highest BCUT2D eigenvalue weighted by atomic mass is 79.9. The van der Waals surface area contributed by atoms with Crippen LogP contribution in [0.5, 0.6) is 5.75 Å². The third-order valence-electron chi connectivity index (χ3n) is 2.71. The molecule has 98 valence electrons. The Bertz CT molecular complexity index is 594. The molecule has 0 saturated carbocycles. The van der Waals surface area contributed by atoms with Crippen LogP contribution in [0.25, 0.3) is 0 Å². The number of aryl methyl sites for hydroxylation is 1. The second-order valence-electron chi connectivity index (χ2n) is 4.28. The van der Waals surface area contributed by atoms with Crippen LogP contribution in [0, 0.1) is 6.92 Å². The molecule has 0 fully saturated rings. The summed E-state index contributed by atoms with van der Waals surface area (Å²) in [5, 5.41) is 0. The lowest BCUT2D eigenvalue weighted by molar-refractivity contribution is 0.0996. The molecule has 0 radical (unpaired) electrons. The molecule has 2 aromatic rings. The highest BCUT2D eigenvalue weighted by molar-refractivity contribution is 9.10. The Morgan fingerprint density at radius 1 is 1.21 bits per heavy atom. The molecule has 19 heavy (non-hydrogen) atoms. The van der Waals surface area contributed by atoms with E-state index in [1.54, 1.807) is 6.07 Å². The summed E-state index contributed by atoms with van der Waals surface area (Å²) >= 11 is 3.38. The number of hydrogen-bond acceptors (Lipinski definition) is 2. The number of amides is 1. The molecule has 0 atom stereocenters. The summed E-state index contributed by atoms with van der Waals surface area (Å²) in [6, 6.07) is 13.2. The highest BCUT2D eigenvalue weighted by Crippen LogP contribution is 2.21. The monoisotopic (exact) mass is 319 g/mol. The molecule has 0 bridgehead atoms. The molecule has 0 aromatic heterocycles. The fourth-order valence-corrected chi connectivity index (χ4v) is 1.96. The first-order valence-corrected chi connectivity index (χ1v) is 6.63. The number of benzene rings is 2. The lowest BCUT2D eigenvalue weighted by Gasteiger charge is -2.10. The smallest absolute Gasteiger partial charge is 0.252 e. The number of ether oxygens (including phenoxy) is 1. The van der Waals surface area contributed by atoms with Crippen molar-refractivity contribution in [3.63, 3.8) is 0 Å². The molecule has 3 nitrogen and oxygen atoms in total. The number of nitrogens with two attached hydrogens (primary N) is 1. The van der Waals surface area contributed by atoms with Gasteiger partial charge in [0.05, 0.1) is 5.56 Å². The van der Waals surface area contributed by atoms with Crippen LogP contribution in [-0.4, -0.2) is 5.91 Å². The first-order valence-electron chi connectivity index (χ1n) is 5.84. The van der Waals surface area contributed by atoms with Gasteiger partial charge in [-0.1, -0.05) is 34.1 Å². The van der Waals surface area contributed by atoms with E-state index in [-0.39, 0.29) is 0 Å². The molecular weight excluding hydrogens is 306 g/mol. The van der Waals surface area contributed by atoms with Crippen LogP contribution in [0.1, 0.15) is 21.5 Å². The van der Waals surface area contributed by atoms with E-state index in [4.69, 9.17) is 10.5 Å². The largest absolute Gasteiger partial charge is 0.488 e. The summed E-state index contributed by atoms with van der Waals surface area (Å²) in [6.07, 6.45) is 0. The molecular formula is C15H14BrNO2. The van der Waals surface area contributed by atoms with Gasteiger partial charge >= 0.3 is 0 Å². The van der Waals surface area contributed by atoms with Crippen molar-refractivity contribution in [2.24, 2.45) is 5.73 Å². The maximum atomic E-state index is 11.3. The summed E-state index contributed by atoms with van der Waals surface area (Å²) in [5.41, 5.74) is 7.79. The lowest BCUT2D eigenvalue weighted by Crippen LogP contribution is -2.13. The molecule has 0 aliphatic rings. The van der Waals surface area contributed by atoms with E-state index in [0.717, 1.165) is 15.6 Å². The van der Waals surface area contributed by atoms with Crippen LogP contribution in [0.4, 0.5) is 0 Å². The minimum absolute atomic E-state index is 0.400. The quantitative estimate of drug-likeness (QED) is 0.938. The summed E-state index contributed by atoms with van der Waals surface area (Å²) in [7, 11) is 0. The van der Waals surface area contributed by atoms with E-state index in [0.29, 0.717) is 17.9 Å². The minimum atomic E-state index is -0.481. The summed E-state index contributed by atoms with van der Waals surface area (Å²) in [5.74, 6) is 0.0428. The average molecular weight is 320 g/mol. The van der Waals surface area contributed by atoms with Crippen LogP contribution in [0.2, 0.25) is 0 Å². The van der Waals surface area contributed by atoms with E-state index in [1.165, 1.54) is 0 Å². The van der Waals surface area contributed by atoms with Crippen molar-refractivity contribution in [3.8, 4) is 5.75 Å². The van der Waals surface area contributed by atoms with Gasteiger partial charge in [-0.2, -0.15) is 0 Å². The molecule has 1 amide bonds. The van der Waals surface area contributed by atoms with Crippen LogP contribution in [-0.2, 0) is 6.61 Å². The summed E-state index contributed by atoms with van der Waals surface area (Å²) in [6.45, 7) is 2.34. The predicted octanol–water partition coefficient (Wildman–Crippen LogP) is 3.44. The van der Waals surface area contributed by atoms with Gasteiger partial charge < -0.3 is 10.5 Å². The third kappa shape index (κ3) is 3.58. The van der Waals surface area contributed by atoms with Gasteiger partial charge in [0.15, 0.2) is 0 Å². The molecule has 2 aromatic carbocycles. The van der Waals surface area contributed by atoms with E-state index in [2.05, 4.69) is 15.9 Å². The van der Waals surface area contributed by atoms with Crippen molar-refractivity contribution < 1.29 is 9.53 Å². The molecule has 4 heteroatoms. The van der Waals surface area contributed by atoms with Crippen molar-refractivity contribution in [2.75, 3.05) is 0 Å². The Balaban J connectivity index is 2.16. The van der Waals surface area contributed by atoms with E-state index in [1.807, 2.05) is 43.3 Å². The second kappa shape index (κ2) is 5.89. The van der Waals surface area contributed by atoms with Crippen molar-refractivity contribution in [2.45, 2.75) is 13.5 Å². The van der Waals surface area contributed by atoms with Gasteiger partial charge in [-0.05, 0) is 42.3 Å². The molecule has 0 aliphatic heterocycles. The fraction of sp³-hybridized carbons (Fsp3) is 0.133. The minimum Gasteiger partial charge on any atom is -0.488 e. The van der Waals surface area contributed by atoms with Crippen molar-refractivity contribution in [3.05, 3.63) is 63.6 Å². The molecule has 2 N–H and O–H groups in total. The van der Waals surface area contributed by atoms with Crippen molar-refractivity contribution in [1.29, 1.82) is 0 Å². The fourth-order valence-electron chi connectivity index (χ4n) is 1.69. The van der Waals surface area contributed by atoms with Gasteiger partial charge in [-0.15, -0.1) is 0 Å². The number of primary amides is 1. The lowest BCUT2D eigenvalue weighted by atomic mass is 10.1. The van der Waals surface area contributed by atoms with Crippen molar-refractivity contribution in [1.82, 2.24) is 0 Å². The van der Waals surface area contributed by atoms with Crippen LogP contribution in [0.3, 0.4) is 0 Å². The maximum Gasteiger partial charge on any atom is 0.252 e.